The van der Waals surface area contributed by atoms with Gasteiger partial charge >= 0.3 is 0 Å². The van der Waals surface area contributed by atoms with Crippen molar-refractivity contribution in [2.75, 3.05) is 11.3 Å². The minimum absolute atomic E-state index is 0.0440. The molecule has 0 atom stereocenters. The fraction of sp³-hybridized carbons (Fsp3) is 0.136. The van der Waals surface area contributed by atoms with Gasteiger partial charge in [0.1, 0.15) is 34.4 Å². The normalized spacial score (nSPS) is 11.2. The van der Waals surface area contributed by atoms with Crippen LogP contribution in [0.15, 0.2) is 76.6 Å². The maximum atomic E-state index is 12.9. The molecule has 2 aromatic carbocycles. The van der Waals surface area contributed by atoms with Crippen molar-refractivity contribution >= 4 is 31.6 Å². The summed E-state index contributed by atoms with van der Waals surface area (Å²) in [6.07, 6.45) is 5.06. The van der Waals surface area contributed by atoms with Gasteiger partial charge in [0, 0.05) is 28.6 Å². The molecule has 0 aliphatic carbocycles. The molecular formula is C22H20BrN5O4S. The van der Waals surface area contributed by atoms with E-state index in [-0.39, 0.29) is 10.6 Å². The van der Waals surface area contributed by atoms with Crippen LogP contribution in [0.5, 0.6) is 17.4 Å². The highest BCUT2D eigenvalue weighted by atomic mass is 79.9. The molecule has 2 heterocycles. The lowest BCUT2D eigenvalue weighted by atomic mass is 10.3. The number of aryl methyl sites for hydroxylation is 1. The quantitative estimate of drug-likeness (QED) is 0.351. The Morgan fingerprint density at radius 3 is 2.58 bits per heavy atom. The van der Waals surface area contributed by atoms with Crippen LogP contribution < -0.4 is 14.2 Å². The number of aromatic nitrogens is 4. The maximum absolute atomic E-state index is 12.9. The first kappa shape index (κ1) is 22.7. The van der Waals surface area contributed by atoms with Crippen molar-refractivity contribution in [3.8, 4) is 23.2 Å². The Hall–Kier alpha value is -3.44. The molecule has 0 aliphatic heterocycles. The molecule has 4 rings (SSSR count). The van der Waals surface area contributed by atoms with Gasteiger partial charge in [0.15, 0.2) is 0 Å². The summed E-state index contributed by atoms with van der Waals surface area (Å²) in [4.78, 5) is 12.7. The summed E-state index contributed by atoms with van der Waals surface area (Å²) >= 11 is 3.31. The van der Waals surface area contributed by atoms with Crippen molar-refractivity contribution in [1.82, 2.24) is 19.5 Å². The predicted octanol–water partition coefficient (Wildman–Crippen LogP) is 4.73. The van der Waals surface area contributed by atoms with E-state index in [9.17, 15) is 8.42 Å². The number of imidazole rings is 1. The third-order valence-electron chi connectivity index (χ3n) is 4.39. The Morgan fingerprint density at radius 1 is 1.09 bits per heavy atom. The highest BCUT2D eigenvalue weighted by Crippen LogP contribution is 2.30. The van der Waals surface area contributed by atoms with Crippen LogP contribution in [0.4, 0.5) is 5.69 Å². The SMILES string of the molecule is CCOc1ccc(Br)cc1S(=O)(=O)Nc1ccc(Oc2cc(-n3ccnc3)nc(C)n2)cc1. The Morgan fingerprint density at radius 2 is 1.88 bits per heavy atom. The molecule has 9 nitrogen and oxygen atoms in total. The first-order chi connectivity index (χ1) is 15.8. The second-order valence-corrected chi connectivity index (χ2v) is 9.40. The highest BCUT2D eigenvalue weighted by Gasteiger charge is 2.20. The van der Waals surface area contributed by atoms with Crippen molar-refractivity contribution in [2.45, 2.75) is 18.7 Å². The van der Waals surface area contributed by atoms with Crippen molar-refractivity contribution in [2.24, 2.45) is 0 Å². The van der Waals surface area contributed by atoms with Gasteiger partial charge in [-0.3, -0.25) is 9.29 Å². The molecule has 1 N–H and O–H groups in total. The van der Waals surface area contributed by atoms with E-state index in [0.717, 1.165) is 0 Å². The van der Waals surface area contributed by atoms with E-state index in [2.05, 4.69) is 35.6 Å². The standard InChI is InChI=1S/C22H20BrN5O4S/c1-3-31-19-9-4-16(23)12-20(19)33(29,30)27-17-5-7-18(8-6-17)32-22-13-21(25-15(2)26-22)28-11-10-24-14-28/h4-14,27H,3H2,1-2H3. The molecular weight excluding hydrogens is 510 g/mol. The molecule has 33 heavy (non-hydrogen) atoms. The van der Waals surface area contributed by atoms with E-state index in [1.54, 1.807) is 79.6 Å². The van der Waals surface area contributed by atoms with E-state index < -0.39 is 10.0 Å². The van der Waals surface area contributed by atoms with Crippen LogP contribution in [-0.2, 0) is 10.0 Å². The van der Waals surface area contributed by atoms with E-state index in [1.807, 2.05) is 0 Å². The fourth-order valence-electron chi connectivity index (χ4n) is 2.99. The monoisotopic (exact) mass is 529 g/mol. The van der Waals surface area contributed by atoms with Gasteiger partial charge in [-0.25, -0.2) is 18.4 Å². The number of ether oxygens (including phenoxy) is 2. The zero-order valence-corrected chi connectivity index (χ0v) is 20.2. The summed E-state index contributed by atoms with van der Waals surface area (Å²) in [5, 5.41) is 0. The summed E-state index contributed by atoms with van der Waals surface area (Å²) in [7, 11) is -3.87. The van der Waals surface area contributed by atoms with Gasteiger partial charge in [-0.15, -0.1) is 0 Å². The molecule has 0 amide bonds. The fourth-order valence-corrected chi connectivity index (χ4v) is 4.74. The number of hydrogen-bond acceptors (Lipinski definition) is 7. The van der Waals surface area contributed by atoms with Gasteiger partial charge in [-0.2, -0.15) is 4.98 Å². The molecule has 4 aromatic rings. The average Bonchev–Trinajstić information content (AvgIpc) is 3.31. The first-order valence-electron chi connectivity index (χ1n) is 9.91. The van der Waals surface area contributed by atoms with Gasteiger partial charge in [0.25, 0.3) is 10.0 Å². The molecule has 2 aromatic heterocycles. The maximum Gasteiger partial charge on any atom is 0.265 e. The Bertz CT molecular complexity index is 1360. The lowest BCUT2D eigenvalue weighted by Crippen LogP contribution is -2.14. The summed E-state index contributed by atoms with van der Waals surface area (Å²) in [5.74, 6) is 2.29. The van der Waals surface area contributed by atoms with Gasteiger partial charge in [-0.05, 0) is 56.3 Å². The highest BCUT2D eigenvalue weighted by molar-refractivity contribution is 9.10. The number of sulfonamides is 1. The molecule has 0 saturated carbocycles. The van der Waals surface area contributed by atoms with Crippen LogP contribution in [-0.4, -0.2) is 34.5 Å². The number of benzene rings is 2. The molecule has 0 radical (unpaired) electrons. The number of rotatable bonds is 8. The lowest BCUT2D eigenvalue weighted by molar-refractivity contribution is 0.331. The molecule has 11 heteroatoms. The van der Waals surface area contributed by atoms with Crippen molar-refractivity contribution < 1.29 is 17.9 Å². The average molecular weight is 530 g/mol. The number of halogens is 1. The molecule has 0 bridgehead atoms. The summed E-state index contributed by atoms with van der Waals surface area (Å²) in [5.41, 5.74) is 0.378. The van der Waals surface area contributed by atoms with Crippen molar-refractivity contribution in [3.63, 3.8) is 0 Å². The van der Waals surface area contributed by atoms with Gasteiger partial charge < -0.3 is 9.47 Å². The van der Waals surface area contributed by atoms with Crippen LogP contribution in [0.2, 0.25) is 0 Å². The predicted molar refractivity (Wildman–Crippen MR) is 127 cm³/mol. The number of nitrogens with zero attached hydrogens (tertiary/aromatic N) is 4. The van der Waals surface area contributed by atoms with Crippen LogP contribution in [0, 0.1) is 6.92 Å². The van der Waals surface area contributed by atoms with Crippen LogP contribution in [0.25, 0.3) is 5.82 Å². The molecule has 0 aliphatic rings. The Balaban J connectivity index is 1.52. The molecule has 0 saturated heterocycles. The van der Waals surface area contributed by atoms with Crippen LogP contribution in [0.3, 0.4) is 0 Å². The second-order valence-electron chi connectivity index (χ2n) is 6.84. The zero-order valence-electron chi connectivity index (χ0n) is 17.8. The molecule has 0 spiro atoms. The minimum Gasteiger partial charge on any atom is -0.492 e. The third-order valence-corrected chi connectivity index (χ3v) is 6.29. The number of anilines is 1. The summed E-state index contributed by atoms with van der Waals surface area (Å²) in [6, 6.07) is 13.0. The van der Waals surface area contributed by atoms with Crippen molar-refractivity contribution in [3.05, 3.63) is 77.5 Å². The van der Waals surface area contributed by atoms with Crippen LogP contribution >= 0.6 is 15.9 Å². The summed E-state index contributed by atoms with van der Waals surface area (Å²) < 4.78 is 42.2. The first-order valence-corrected chi connectivity index (χ1v) is 12.2. The largest absolute Gasteiger partial charge is 0.492 e. The molecule has 0 fully saturated rings. The Labute approximate surface area is 199 Å². The second kappa shape index (κ2) is 9.59. The van der Waals surface area contributed by atoms with Crippen LogP contribution in [0.1, 0.15) is 12.7 Å². The van der Waals surface area contributed by atoms with Gasteiger partial charge in [0.2, 0.25) is 5.88 Å². The summed E-state index contributed by atoms with van der Waals surface area (Å²) in [6.45, 7) is 3.91. The minimum atomic E-state index is -3.87. The lowest BCUT2D eigenvalue weighted by Gasteiger charge is -2.13. The zero-order chi connectivity index (χ0) is 23.4. The van der Waals surface area contributed by atoms with Gasteiger partial charge in [0.05, 0.1) is 6.61 Å². The van der Waals surface area contributed by atoms with E-state index in [4.69, 9.17) is 9.47 Å². The molecule has 170 valence electrons. The number of nitrogens with one attached hydrogen (secondary N) is 1. The number of hydrogen-bond donors (Lipinski definition) is 1. The van der Waals surface area contributed by atoms with E-state index >= 15 is 0 Å². The topological polar surface area (TPSA) is 108 Å². The van der Waals surface area contributed by atoms with E-state index in [0.29, 0.717) is 40.0 Å². The smallest absolute Gasteiger partial charge is 0.265 e. The van der Waals surface area contributed by atoms with Gasteiger partial charge in [-0.1, -0.05) is 15.9 Å². The van der Waals surface area contributed by atoms with E-state index in [1.165, 1.54) is 6.07 Å². The van der Waals surface area contributed by atoms with Crippen molar-refractivity contribution in [1.29, 1.82) is 0 Å². The Kier molecular flexibility index (Phi) is 6.61. The third kappa shape index (κ3) is 5.49. The molecule has 0 unspecified atom stereocenters.